The fraction of sp³-hybridized carbons (Fsp3) is 0.148. The molecule has 0 fully saturated rings. The number of anilines is 5. The van der Waals surface area contributed by atoms with Gasteiger partial charge in [-0.25, -0.2) is 0 Å². The second-order valence-electron chi connectivity index (χ2n) is 16.1. The van der Waals surface area contributed by atoms with Crippen LogP contribution in [-0.2, 0) is 12.8 Å². The lowest BCUT2D eigenvalue weighted by molar-refractivity contribution is 0.795. The van der Waals surface area contributed by atoms with Crippen LogP contribution in [0.5, 0.6) is 0 Å². The third kappa shape index (κ3) is 5.53. The van der Waals surface area contributed by atoms with Gasteiger partial charge in [-0.05, 0) is 135 Å². The van der Waals surface area contributed by atoms with Gasteiger partial charge >= 0.3 is 6.85 Å². The van der Waals surface area contributed by atoms with E-state index < -0.39 is 0 Å². The highest BCUT2D eigenvalue weighted by molar-refractivity contribution is 7.26. The minimum atomic E-state index is -0.0667. The van der Waals surface area contributed by atoms with Crippen molar-refractivity contribution in [2.75, 3.05) is 9.71 Å². The van der Waals surface area contributed by atoms with E-state index >= 15 is 0 Å². The number of hydrogen-bond donors (Lipinski definition) is 0. The smallest absolute Gasteiger partial charge is 0.333 e. The van der Waals surface area contributed by atoms with Gasteiger partial charge in [0.25, 0.3) is 0 Å². The van der Waals surface area contributed by atoms with Crippen molar-refractivity contribution in [3.8, 4) is 22.3 Å². The normalized spacial score (nSPS) is 13.0. The zero-order valence-electron chi connectivity index (χ0n) is 33.2. The van der Waals surface area contributed by atoms with Crippen LogP contribution in [0.2, 0.25) is 0 Å². The third-order valence-electron chi connectivity index (χ3n) is 12.6. The van der Waals surface area contributed by atoms with Crippen molar-refractivity contribution in [3.63, 3.8) is 0 Å². The third-order valence-corrected chi connectivity index (χ3v) is 13.7. The molecule has 11 rings (SSSR count). The van der Waals surface area contributed by atoms with Crippen molar-refractivity contribution in [2.45, 2.75) is 52.4 Å². The minimum absolute atomic E-state index is 0.0667. The Morgan fingerprint density at radius 2 is 1.19 bits per heavy atom. The first kappa shape index (κ1) is 35.1. The predicted octanol–water partition coefficient (Wildman–Crippen LogP) is 14.3. The van der Waals surface area contributed by atoms with Gasteiger partial charge in [0.05, 0.1) is 5.69 Å². The fourth-order valence-corrected chi connectivity index (χ4v) is 11.0. The zero-order valence-corrected chi connectivity index (χ0v) is 34.0. The summed E-state index contributed by atoms with van der Waals surface area (Å²) in [6, 6.07) is 62.4. The summed E-state index contributed by atoms with van der Waals surface area (Å²) in [5, 5.41) is 5.26. The molecule has 2 nitrogen and oxygen atoms in total. The number of benzene rings is 8. The van der Waals surface area contributed by atoms with Gasteiger partial charge in [0.15, 0.2) is 0 Å². The lowest BCUT2D eigenvalue weighted by atomic mass is 9.42. The second-order valence-corrected chi connectivity index (χ2v) is 17.2. The molecule has 2 aliphatic rings. The molecular formula is C54H45BN2S. The molecule has 0 bridgehead atoms. The molecule has 280 valence electrons. The van der Waals surface area contributed by atoms with Crippen LogP contribution in [0.25, 0.3) is 53.2 Å². The molecular weight excluding hydrogens is 719 g/mol. The molecule has 0 amide bonds. The van der Waals surface area contributed by atoms with E-state index in [-0.39, 0.29) is 6.85 Å². The molecule has 2 aliphatic heterocycles. The molecule has 8 aromatic carbocycles. The topological polar surface area (TPSA) is 6.48 Å². The fourth-order valence-electron chi connectivity index (χ4n) is 9.89. The van der Waals surface area contributed by atoms with Crippen LogP contribution in [-0.4, -0.2) is 6.85 Å². The van der Waals surface area contributed by atoms with E-state index in [4.69, 9.17) is 0 Å². The van der Waals surface area contributed by atoms with Crippen LogP contribution in [0.4, 0.5) is 28.4 Å². The van der Waals surface area contributed by atoms with Gasteiger partial charge in [0.1, 0.15) is 0 Å². The average Bonchev–Trinajstić information content (AvgIpc) is 3.67. The Bertz CT molecular complexity index is 3000. The highest BCUT2D eigenvalue weighted by atomic mass is 32.1. The quantitative estimate of drug-likeness (QED) is 0.135. The lowest BCUT2D eigenvalue weighted by Crippen LogP contribution is -2.61. The van der Waals surface area contributed by atoms with Crippen molar-refractivity contribution in [1.82, 2.24) is 0 Å². The summed E-state index contributed by atoms with van der Waals surface area (Å²) in [6.45, 7) is 4.50. The number of aryl methyl sites for hydroxylation is 2. The van der Waals surface area contributed by atoms with E-state index in [0.29, 0.717) is 0 Å². The molecule has 0 radical (unpaired) electrons. The maximum atomic E-state index is 2.67. The number of nitrogens with zero attached hydrogens (tertiary/aromatic N) is 2. The molecule has 0 spiro atoms. The van der Waals surface area contributed by atoms with E-state index in [2.05, 4.69) is 187 Å². The summed E-state index contributed by atoms with van der Waals surface area (Å²) in [4.78, 5) is 5.31. The predicted molar refractivity (Wildman–Crippen MR) is 253 cm³/mol. The van der Waals surface area contributed by atoms with Crippen molar-refractivity contribution < 1.29 is 0 Å². The number of rotatable bonds is 9. The molecule has 4 heteroatoms. The van der Waals surface area contributed by atoms with Crippen LogP contribution < -0.4 is 20.6 Å². The summed E-state index contributed by atoms with van der Waals surface area (Å²) in [6.07, 6.45) is 6.94. The monoisotopic (exact) mass is 764 g/mol. The van der Waals surface area contributed by atoms with Crippen molar-refractivity contribution in [1.29, 1.82) is 0 Å². The molecule has 0 saturated heterocycles. The van der Waals surface area contributed by atoms with Gasteiger partial charge in [-0.15, -0.1) is 11.3 Å². The van der Waals surface area contributed by atoms with Crippen LogP contribution in [0.15, 0.2) is 164 Å². The Labute approximate surface area is 346 Å². The Morgan fingerprint density at radius 3 is 2.02 bits per heavy atom. The average molecular weight is 765 g/mol. The van der Waals surface area contributed by atoms with E-state index in [1.807, 2.05) is 11.3 Å². The van der Waals surface area contributed by atoms with Crippen molar-refractivity contribution in [2.24, 2.45) is 0 Å². The Kier molecular flexibility index (Phi) is 8.70. The van der Waals surface area contributed by atoms with E-state index in [0.717, 1.165) is 12.8 Å². The Morgan fingerprint density at radius 1 is 0.500 bits per heavy atom. The Balaban J connectivity index is 1.28. The maximum Gasteiger partial charge on any atom is 0.333 e. The SMILES string of the molecule is CCCCc1ccc(N2B3c4c(cc5ccccc5c4-c4ccccc42)N(c2ccc(CCCC)cc2-c2ccccc2)c2ccc4sc5ccccc5c4c23)cc1. The lowest BCUT2D eigenvalue weighted by Gasteiger charge is -2.46. The molecule has 0 N–H and O–H groups in total. The molecule has 58 heavy (non-hydrogen) atoms. The first-order valence-electron chi connectivity index (χ1n) is 21.2. The molecule has 0 atom stereocenters. The van der Waals surface area contributed by atoms with Gasteiger partial charge in [-0.3, -0.25) is 0 Å². The van der Waals surface area contributed by atoms with Crippen LogP contribution in [0, 0.1) is 0 Å². The maximum absolute atomic E-state index is 2.67. The number of hydrogen-bond acceptors (Lipinski definition) is 3. The standard InChI is InChI=1S/C54H45BN2S/c1-3-5-16-36-26-29-40(30-27-36)57-46-24-14-12-22-42(46)51-41-21-11-10-20-39(41)35-48-54(51)55(57)53-47(32-33-50-52(53)43-23-13-15-25-49(43)58-50)56(48)45-31-28-37(17-6-4-2)34-44(45)38-18-8-7-9-19-38/h7-15,18-35H,3-6,16-17H2,1-2H3. The molecule has 0 unspecified atom stereocenters. The van der Waals surface area contributed by atoms with Gasteiger partial charge < -0.3 is 9.71 Å². The van der Waals surface area contributed by atoms with Gasteiger partial charge in [-0.1, -0.05) is 136 Å². The Hall–Kier alpha value is -6.10. The van der Waals surface area contributed by atoms with E-state index in [9.17, 15) is 0 Å². The summed E-state index contributed by atoms with van der Waals surface area (Å²) >= 11 is 1.91. The zero-order chi connectivity index (χ0) is 38.7. The summed E-state index contributed by atoms with van der Waals surface area (Å²) < 4.78 is 2.66. The number of para-hydroxylation sites is 1. The largest absolute Gasteiger partial charge is 0.376 e. The van der Waals surface area contributed by atoms with Crippen LogP contribution >= 0.6 is 11.3 Å². The first-order valence-corrected chi connectivity index (χ1v) is 22.0. The van der Waals surface area contributed by atoms with E-state index in [1.54, 1.807) is 0 Å². The van der Waals surface area contributed by atoms with Crippen molar-refractivity contribution >= 4 is 88.5 Å². The number of unbranched alkanes of at least 4 members (excludes halogenated alkanes) is 2. The summed E-state index contributed by atoms with van der Waals surface area (Å²) in [5.41, 5.74) is 16.9. The molecule has 1 aromatic heterocycles. The molecule has 0 saturated carbocycles. The van der Waals surface area contributed by atoms with Crippen molar-refractivity contribution in [3.05, 3.63) is 175 Å². The number of thiophene rings is 1. The summed E-state index contributed by atoms with van der Waals surface area (Å²) in [5.74, 6) is 0. The van der Waals surface area contributed by atoms with Crippen LogP contribution in [0.1, 0.15) is 50.7 Å². The molecule has 3 heterocycles. The van der Waals surface area contributed by atoms with Gasteiger partial charge in [-0.2, -0.15) is 0 Å². The van der Waals surface area contributed by atoms with Gasteiger partial charge in [0, 0.05) is 43.3 Å². The highest BCUT2D eigenvalue weighted by Gasteiger charge is 2.47. The second kappa shape index (κ2) is 14.4. The van der Waals surface area contributed by atoms with E-state index in [1.165, 1.54) is 129 Å². The highest BCUT2D eigenvalue weighted by Crippen LogP contribution is 2.51. The molecule has 0 aliphatic carbocycles. The first-order chi connectivity index (χ1) is 28.7. The summed E-state index contributed by atoms with van der Waals surface area (Å²) in [7, 11) is 0. The minimum Gasteiger partial charge on any atom is -0.376 e. The van der Waals surface area contributed by atoms with Crippen LogP contribution in [0.3, 0.4) is 0 Å². The molecule has 9 aromatic rings. The number of fused-ring (bicyclic) bond motifs is 10. The van der Waals surface area contributed by atoms with Gasteiger partial charge in [0.2, 0.25) is 0 Å².